The van der Waals surface area contributed by atoms with E-state index in [-0.39, 0.29) is 12.4 Å². The quantitative estimate of drug-likeness (QED) is 0.464. The molecule has 0 heterocycles. The first kappa shape index (κ1) is 15.9. The second kappa shape index (κ2) is 10.1. The SMILES string of the molecule is CCOCCOc1c[c-]cc(F)c1F.[Zn+][Br]. The molecule has 0 N–H and O–H groups in total. The Labute approximate surface area is 110 Å². The molecule has 0 amide bonds. The standard InChI is InChI=1S/C10H11F2O2.BrH.Zn/c1-2-13-6-7-14-9-5-3-4-8(11)10(9)12;;/h4-5H,2,6-7H2,1H3;1H;/q-1;;+2/p-1. The van der Waals surface area contributed by atoms with Crippen LogP contribution in [0.3, 0.4) is 0 Å². The van der Waals surface area contributed by atoms with Crippen molar-refractivity contribution < 1.29 is 34.6 Å². The average molecular weight is 346 g/mol. The molecule has 0 bridgehead atoms. The zero-order valence-corrected chi connectivity index (χ0v) is 13.5. The Morgan fingerprint density at radius 3 is 2.62 bits per heavy atom. The fraction of sp³-hybridized carbons (Fsp3) is 0.400. The van der Waals surface area contributed by atoms with Crippen LogP contribution in [-0.4, -0.2) is 19.8 Å². The first-order valence-corrected chi connectivity index (χ1v) is 11.5. The Morgan fingerprint density at radius 1 is 1.31 bits per heavy atom. The van der Waals surface area contributed by atoms with Crippen LogP contribution in [0.15, 0.2) is 12.1 Å². The molecule has 1 rings (SSSR count). The van der Waals surface area contributed by atoms with Crippen molar-refractivity contribution in [2.24, 2.45) is 0 Å². The van der Waals surface area contributed by atoms with E-state index in [0.717, 1.165) is 6.07 Å². The van der Waals surface area contributed by atoms with Gasteiger partial charge in [-0.2, -0.15) is 6.07 Å². The van der Waals surface area contributed by atoms with Gasteiger partial charge in [0.05, 0.1) is 19.0 Å². The van der Waals surface area contributed by atoms with Crippen molar-refractivity contribution in [1.82, 2.24) is 0 Å². The van der Waals surface area contributed by atoms with Crippen molar-refractivity contribution in [2.45, 2.75) is 6.92 Å². The molecule has 0 unspecified atom stereocenters. The van der Waals surface area contributed by atoms with Crippen molar-refractivity contribution in [3.63, 3.8) is 0 Å². The minimum atomic E-state index is -0.986. The molecule has 0 aliphatic carbocycles. The van der Waals surface area contributed by atoms with Crippen molar-refractivity contribution in [3.8, 4) is 5.75 Å². The fourth-order valence-electron chi connectivity index (χ4n) is 0.895. The van der Waals surface area contributed by atoms with E-state index >= 15 is 0 Å². The summed E-state index contributed by atoms with van der Waals surface area (Å²) in [6, 6.07) is 4.61. The van der Waals surface area contributed by atoms with Gasteiger partial charge in [-0.1, -0.05) is 0 Å². The summed E-state index contributed by atoms with van der Waals surface area (Å²) in [6.07, 6.45) is 0. The van der Waals surface area contributed by atoms with Gasteiger partial charge in [-0.3, -0.25) is 4.39 Å². The molecular formula is C10H11BrF2O2Zn. The minimum absolute atomic E-state index is 0.135. The molecule has 0 aliphatic heterocycles. The number of ether oxygens (including phenoxy) is 2. The Morgan fingerprint density at radius 2 is 2.00 bits per heavy atom. The molecule has 0 saturated heterocycles. The first-order valence-electron chi connectivity index (χ1n) is 4.58. The maximum atomic E-state index is 13.0. The molecule has 0 atom stereocenters. The van der Waals surface area contributed by atoms with E-state index in [9.17, 15) is 8.78 Å². The molecule has 0 radical (unpaired) electrons. The van der Waals surface area contributed by atoms with Crippen LogP contribution in [0.4, 0.5) is 8.78 Å². The van der Waals surface area contributed by atoms with Crippen LogP contribution in [0.1, 0.15) is 6.92 Å². The molecule has 86 valence electrons. The summed E-state index contributed by atoms with van der Waals surface area (Å²) in [5.41, 5.74) is 0. The van der Waals surface area contributed by atoms with Crippen LogP contribution < -0.4 is 4.74 Å². The zero-order valence-electron chi connectivity index (χ0n) is 8.93. The summed E-state index contributed by atoms with van der Waals surface area (Å²) >= 11 is 4.25. The van der Waals surface area contributed by atoms with Crippen molar-refractivity contribution >= 4 is 13.6 Å². The summed E-state index contributed by atoms with van der Waals surface area (Å²) in [6.45, 7) is 2.96. The van der Waals surface area contributed by atoms with E-state index in [1.54, 1.807) is 0 Å². The summed E-state index contributed by atoms with van der Waals surface area (Å²) in [7, 11) is 0. The van der Waals surface area contributed by atoms with Gasteiger partial charge in [0, 0.05) is 18.2 Å². The van der Waals surface area contributed by atoms with Gasteiger partial charge in [0.15, 0.2) is 0 Å². The molecule has 0 aliphatic rings. The van der Waals surface area contributed by atoms with Crippen LogP contribution in [0, 0.1) is 17.7 Å². The second-order valence-corrected chi connectivity index (χ2v) is 2.53. The number of hydrogen-bond donors (Lipinski definition) is 0. The number of rotatable bonds is 5. The van der Waals surface area contributed by atoms with Crippen LogP contribution in [0.25, 0.3) is 0 Å². The summed E-state index contributed by atoms with van der Waals surface area (Å²) in [4.78, 5) is 0. The van der Waals surface area contributed by atoms with E-state index < -0.39 is 11.6 Å². The van der Waals surface area contributed by atoms with Crippen LogP contribution in [-0.2, 0) is 21.1 Å². The third-order valence-electron chi connectivity index (χ3n) is 1.54. The Balaban J connectivity index is 0.00000106. The van der Waals surface area contributed by atoms with E-state index in [1.807, 2.05) is 6.92 Å². The Hall–Kier alpha value is -0.0566. The van der Waals surface area contributed by atoms with Crippen LogP contribution in [0.5, 0.6) is 5.75 Å². The normalized spacial score (nSPS) is 9.38. The van der Waals surface area contributed by atoms with Gasteiger partial charge in [-0.05, 0) is 6.92 Å². The zero-order chi connectivity index (χ0) is 12.4. The monoisotopic (exact) mass is 344 g/mol. The molecule has 16 heavy (non-hydrogen) atoms. The Bertz CT molecular complexity index is 300. The summed E-state index contributed by atoms with van der Waals surface area (Å²) in [5, 5.41) is 0. The van der Waals surface area contributed by atoms with Gasteiger partial charge in [0.2, 0.25) is 0 Å². The van der Waals surface area contributed by atoms with Gasteiger partial charge >= 0.3 is 30.0 Å². The van der Waals surface area contributed by atoms with Gasteiger partial charge in [-0.25, -0.2) is 4.39 Å². The Kier molecular flexibility index (Phi) is 10.1. The van der Waals surface area contributed by atoms with Crippen molar-refractivity contribution in [1.29, 1.82) is 0 Å². The molecule has 1 aromatic carbocycles. The third-order valence-corrected chi connectivity index (χ3v) is 1.54. The van der Waals surface area contributed by atoms with Crippen molar-refractivity contribution in [3.05, 3.63) is 29.8 Å². The van der Waals surface area contributed by atoms with Gasteiger partial charge in [0.25, 0.3) is 0 Å². The summed E-state index contributed by atoms with van der Waals surface area (Å²) in [5.74, 6) is -2.08. The molecule has 6 heteroatoms. The molecule has 0 fully saturated rings. The summed E-state index contributed by atoms with van der Waals surface area (Å²) < 4.78 is 35.5. The molecule has 1 aromatic rings. The molecule has 0 aromatic heterocycles. The van der Waals surface area contributed by atoms with Gasteiger partial charge in [-0.15, -0.1) is 12.1 Å². The van der Waals surface area contributed by atoms with E-state index in [4.69, 9.17) is 9.47 Å². The predicted molar refractivity (Wildman–Crippen MR) is 56.1 cm³/mol. The van der Waals surface area contributed by atoms with Crippen molar-refractivity contribution in [2.75, 3.05) is 19.8 Å². The van der Waals surface area contributed by atoms with E-state index in [2.05, 4.69) is 19.7 Å². The molecule has 0 spiro atoms. The van der Waals surface area contributed by atoms with Crippen LogP contribution >= 0.6 is 13.6 Å². The third kappa shape index (κ3) is 5.87. The second-order valence-electron chi connectivity index (χ2n) is 2.53. The van der Waals surface area contributed by atoms with Gasteiger partial charge in [0.1, 0.15) is 0 Å². The number of benzene rings is 1. The first-order chi connectivity index (χ1) is 7.75. The van der Waals surface area contributed by atoms with Crippen LogP contribution in [0.2, 0.25) is 0 Å². The maximum absolute atomic E-state index is 13.0. The van der Waals surface area contributed by atoms with Gasteiger partial charge < -0.3 is 9.47 Å². The number of hydrogen-bond acceptors (Lipinski definition) is 2. The van der Waals surface area contributed by atoms with E-state index in [0.29, 0.717) is 13.2 Å². The fourth-order valence-corrected chi connectivity index (χ4v) is 0.895. The van der Waals surface area contributed by atoms with E-state index in [1.165, 1.54) is 22.4 Å². The molecule has 0 saturated carbocycles. The molecular weight excluding hydrogens is 335 g/mol. The predicted octanol–water partition coefficient (Wildman–Crippen LogP) is 3.02. The topological polar surface area (TPSA) is 18.5 Å². The average Bonchev–Trinajstić information content (AvgIpc) is 2.32. The molecule has 2 nitrogen and oxygen atoms in total. The number of halogens is 3.